The smallest absolute Gasteiger partial charge is 0.335 e. The summed E-state index contributed by atoms with van der Waals surface area (Å²) in [6.45, 7) is 1.65. The number of aldehydes is 1. The van der Waals surface area contributed by atoms with Gasteiger partial charge in [-0.05, 0) is 42.8 Å². The van der Waals surface area contributed by atoms with Gasteiger partial charge in [-0.25, -0.2) is 14.3 Å². The summed E-state index contributed by atoms with van der Waals surface area (Å²) in [7, 11) is 0. The second kappa shape index (κ2) is 8.39. The number of carboxylic acids is 2. The maximum Gasteiger partial charge on any atom is 0.335 e. The van der Waals surface area contributed by atoms with Crippen LogP contribution >= 0.6 is 0 Å². The van der Waals surface area contributed by atoms with Crippen molar-refractivity contribution in [2.24, 2.45) is 0 Å². The molecular weight excluding hydrogens is 336 g/mol. The molecule has 0 aliphatic rings. The number of aromatic nitrogens is 2. The third-order valence-electron chi connectivity index (χ3n) is 3.33. The van der Waals surface area contributed by atoms with Crippen LogP contribution in [0.15, 0.2) is 60.9 Å². The molecule has 7 nitrogen and oxygen atoms in total. The second-order valence-corrected chi connectivity index (χ2v) is 5.37. The van der Waals surface area contributed by atoms with Gasteiger partial charge in [-0.15, -0.1) is 0 Å². The molecule has 1 aromatic heterocycles. The van der Waals surface area contributed by atoms with E-state index in [0.29, 0.717) is 11.1 Å². The Labute approximate surface area is 149 Å². The monoisotopic (exact) mass is 352 g/mol. The Balaban J connectivity index is 0.000000187. The molecule has 0 fully saturated rings. The van der Waals surface area contributed by atoms with Crippen molar-refractivity contribution in [3.63, 3.8) is 0 Å². The lowest BCUT2D eigenvalue weighted by molar-refractivity contribution is 0.0696. The van der Waals surface area contributed by atoms with Crippen molar-refractivity contribution in [1.29, 1.82) is 0 Å². The van der Waals surface area contributed by atoms with Gasteiger partial charge in [-0.3, -0.25) is 4.79 Å². The zero-order chi connectivity index (χ0) is 19.1. The number of aryl methyl sites for hydroxylation is 1. The molecule has 132 valence electrons. The fourth-order valence-electron chi connectivity index (χ4n) is 2.15. The van der Waals surface area contributed by atoms with Gasteiger partial charge in [-0.1, -0.05) is 18.2 Å². The van der Waals surface area contributed by atoms with E-state index in [2.05, 4.69) is 5.10 Å². The molecule has 0 spiro atoms. The van der Waals surface area contributed by atoms with Crippen molar-refractivity contribution in [3.8, 4) is 5.69 Å². The van der Waals surface area contributed by atoms with E-state index < -0.39 is 11.9 Å². The molecule has 0 aliphatic carbocycles. The van der Waals surface area contributed by atoms with Crippen LogP contribution in [-0.2, 0) is 0 Å². The van der Waals surface area contributed by atoms with Crippen LogP contribution in [-0.4, -0.2) is 38.2 Å². The van der Waals surface area contributed by atoms with Gasteiger partial charge in [0.05, 0.1) is 28.6 Å². The first-order valence-electron chi connectivity index (χ1n) is 7.54. The van der Waals surface area contributed by atoms with Gasteiger partial charge < -0.3 is 10.2 Å². The molecule has 3 rings (SSSR count). The van der Waals surface area contributed by atoms with Crippen molar-refractivity contribution in [3.05, 3.63) is 83.2 Å². The fraction of sp³-hybridized carbons (Fsp3) is 0.0526. The fourth-order valence-corrected chi connectivity index (χ4v) is 2.15. The lowest BCUT2D eigenvalue weighted by Crippen LogP contribution is -2.02. The van der Waals surface area contributed by atoms with E-state index in [1.54, 1.807) is 24.0 Å². The average molecular weight is 352 g/mol. The van der Waals surface area contributed by atoms with Crippen LogP contribution in [0.2, 0.25) is 0 Å². The Bertz CT molecular complexity index is 900. The number of para-hydroxylation sites is 1. The maximum absolute atomic E-state index is 10.5. The number of hydrogen-bond acceptors (Lipinski definition) is 4. The molecule has 0 aliphatic heterocycles. The number of nitrogens with zero attached hydrogens (tertiary/aromatic N) is 2. The Morgan fingerprint density at radius 1 is 1.00 bits per heavy atom. The predicted octanol–water partition coefficient (Wildman–Crippen LogP) is 3.08. The average Bonchev–Trinajstić information content (AvgIpc) is 3.11. The van der Waals surface area contributed by atoms with Crippen LogP contribution in [0.3, 0.4) is 0 Å². The summed E-state index contributed by atoms with van der Waals surface area (Å²) in [6, 6.07) is 13.6. The first kappa shape index (κ1) is 18.6. The van der Waals surface area contributed by atoms with Crippen molar-refractivity contribution in [2.75, 3.05) is 0 Å². The minimum atomic E-state index is -1.12. The molecule has 0 amide bonds. The van der Waals surface area contributed by atoms with Crippen LogP contribution in [0.25, 0.3) is 5.69 Å². The SMILES string of the molecule is Cc1cc(C(=O)O)cc(C(=O)O)c1.O=Cc1cnn(-c2ccccc2)c1. The number of carbonyl (C=O) groups excluding carboxylic acids is 1. The third kappa shape index (κ3) is 4.88. The third-order valence-corrected chi connectivity index (χ3v) is 3.33. The molecule has 0 radical (unpaired) electrons. The van der Waals surface area contributed by atoms with Crippen molar-refractivity contribution in [2.45, 2.75) is 6.92 Å². The minimum absolute atomic E-state index is 0.00241. The van der Waals surface area contributed by atoms with Crippen molar-refractivity contribution >= 4 is 18.2 Å². The highest BCUT2D eigenvalue weighted by atomic mass is 16.4. The van der Waals surface area contributed by atoms with Gasteiger partial charge in [0.25, 0.3) is 0 Å². The largest absolute Gasteiger partial charge is 0.478 e. The van der Waals surface area contributed by atoms with Crippen molar-refractivity contribution < 1.29 is 24.6 Å². The topological polar surface area (TPSA) is 109 Å². The Morgan fingerprint density at radius 3 is 2.04 bits per heavy atom. The molecule has 0 saturated heterocycles. The van der Waals surface area contributed by atoms with Gasteiger partial charge in [-0.2, -0.15) is 5.10 Å². The first-order chi connectivity index (χ1) is 12.4. The highest BCUT2D eigenvalue weighted by molar-refractivity contribution is 5.94. The number of carbonyl (C=O) groups is 3. The van der Waals surface area contributed by atoms with Gasteiger partial charge in [0.2, 0.25) is 0 Å². The van der Waals surface area contributed by atoms with Crippen LogP contribution in [0.4, 0.5) is 0 Å². The molecule has 1 heterocycles. The first-order valence-corrected chi connectivity index (χ1v) is 7.54. The van der Waals surface area contributed by atoms with Crippen LogP contribution in [0, 0.1) is 6.92 Å². The molecule has 26 heavy (non-hydrogen) atoms. The van der Waals surface area contributed by atoms with E-state index in [1.807, 2.05) is 30.3 Å². The van der Waals surface area contributed by atoms with E-state index >= 15 is 0 Å². The van der Waals surface area contributed by atoms with Crippen LogP contribution in [0.5, 0.6) is 0 Å². The molecule has 0 saturated carbocycles. The second-order valence-electron chi connectivity index (χ2n) is 5.37. The normalized spacial score (nSPS) is 9.73. The lowest BCUT2D eigenvalue weighted by atomic mass is 10.1. The molecule has 0 atom stereocenters. The predicted molar refractivity (Wildman–Crippen MR) is 94.0 cm³/mol. The van der Waals surface area contributed by atoms with Crippen LogP contribution < -0.4 is 0 Å². The maximum atomic E-state index is 10.5. The highest BCUT2D eigenvalue weighted by Gasteiger charge is 2.09. The summed E-state index contributed by atoms with van der Waals surface area (Å²) in [5, 5.41) is 21.3. The van der Waals surface area contributed by atoms with Gasteiger partial charge in [0.15, 0.2) is 6.29 Å². The molecule has 0 bridgehead atoms. The van der Waals surface area contributed by atoms with E-state index in [9.17, 15) is 14.4 Å². The molecule has 3 aromatic rings. The molecular formula is C19H16N2O5. The molecule has 7 heteroatoms. The van der Waals surface area contributed by atoms with Gasteiger partial charge in [0, 0.05) is 6.20 Å². The molecule has 2 aromatic carbocycles. The summed E-state index contributed by atoms with van der Waals surface area (Å²) < 4.78 is 1.67. The number of hydrogen-bond donors (Lipinski definition) is 2. The lowest BCUT2D eigenvalue weighted by Gasteiger charge is -1.99. The molecule has 2 N–H and O–H groups in total. The van der Waals surface area contributed by atoms with Crippen LogP contribution in [0.1, 0.15) is 36.6 Å². The summed E-state index contributed by atoms with van der Waals surface area (Å²) in [6.07, 6.45) is 4.02. The van der Waals surface area contributed by atoms with Gasteiger partial charge >= 0.3 is 11.9 Å². The Morgan fingerprint density at radius 2 is 1.58 bits per heavy atom. The summed E-state index contributed by atoms with van der Waals surface area (Å²) >= 11 is 0. The Kier molecular flexibility index (Phi) is 6.00. The summed E-state index contributed by atoms with van der Waals surface area (Å²) in [5.41, 5.74) is 2.16. The van der Waals surface area contributed by atoms with E-state index in [4.69, 9.17) is 10.2 Å². The number of rotatable bonds is 4. The summed E-state index contributed by atoms with van der Waals surface area (Å²) in [5.74, 6) is -2.24. The van der Waals surface area contributed by atoms with Crippen molar-refractivity contribution in [1.82, 2.24) is 9.78 Å². The standard InChI is InChI=1S/C10H8N2O.C9H8O4/c13-8-9-6-11-12(7-9)10-4-2-1-3-5-10;1-5-2-6(8(10)11)4-7(3-5)9(12)13/h1-8H;2-4H,1H3,(H,10,11)(H,12,13). The van der Waals surface area contributed by atoms with Gasteiger partial charge in [0.1, 0.15) is 0 Å². The molecule has 0 unspecified atom stereocenters. The highest BCUT2D eigenvalue weighted by Crippen LogP contribution is 2.09. The van der Waals surface area contributed by atoms with E-state index in [1.165, 1.54) is 12.1 Å². The minimum Gasteiger partial charge on any atom is -0.478 e. The summed E-state index contributed by atoms with van der Waals surface area (Å²) in [4.78, 5) is 31.5. The Hall–Kier alpha value is -3.74. The quantitative estimate of drug-likeness (QED) is 0.698. The zero-order valence-corrected chi connectivity index (χ0v) is 13.9. The van der Waals surface area contributed by atoms with E-state index in [-0.39, 0.29) is 11.1 Å². The number of carboxylic acid groups (broad SMARTS) is 2. The zero-order valence-electron chi connectivity index (χ0n) is 13.9. The number of benzene rings is 2. The number of aromatic carboxylic acids is 2. The van der Waals surface area contributed by atoms with E-state index in [0.717, 1.165) is 18.0 Å².